The van der Waals surface area contributed by atoms with Gasteiger partial charge in [-0.1, -0.05) is 0 Å². The van der Waals surface area contributed by atoms with Crippen LogP contribution >= 0.6 is 0 Å². The van der Waals surface area contributed by atoms with Gasteiger partial charge >= 0.3 is 0 Å². The Bertz CT molecular complexity index is 214. The normalized spacial score (nSPS) is 28.8. The Labute approximate surface area is 91.2 Å². The second kappa shape index (κ2) is 5.47. The van der Waals surface area contributed by atoms with E-state index in [1.165, 1.54) is 12.8 Å². The minimum absolute atomic E-state index is 0.0636. The molecule has 2 heterocycles. The van der Waals surface area contributed by atoms with Gasteiger partial charge in [-0.05, 0) is 51.2 Å². The van der Waals surface area contributed by atoms with Crippen LogP contribution in [0, 0.1) is 5.92 Å². The third kappa shape index (κ3) is 3.18. The first-order valence-corrected chi connectivity index (χ1v) is 6.08. The van der Waals surface area contributed by atoms with Crippen molar-refractivity contribution in [2.75, 3.05) is 26.2 Å². The fraction of sp³-hybridized carbons (Fsp3) is 0.909. The summed E-state index contributed by atoms with van der Waals surface area (Å²) in [5.74, 6) is 0.941. The van der Waals surface area contributed by atoms with Crippen LogP contribution in [0.3, 0.4) is 0 Å². The van der Waals surface area contributed by atoms with E-state index in [2.05, 4.69) is 16.0 Å². The standard InChI is InChI=1S/C11H21N3O/c15-11-10(2-1-5-13-11)14-8-9-3-6-12-7-4-9/h9-10,12,14H,1-8H2,(H,13,15). The lowest BCUT2D eigenvalue weighted by Crippen LogP contribution is -2.50. The Kier molecular flexibility index (Phi) is 3.97. The molecule has 0 aromatic carbocycles. The molecule has 1 unspecified atom stereocenters. The lowest BCUT2D eigenvalue weighted by Gasteiger charge is -2.27. The van der Waals surface area contributed by atoms with Gasteiger partial charge < -0.3 is 16.0 Å². The smallest absolute Gasteiger partial charge is 0.237 e. The summed E-state index contributed by atoms with van der Waals surface area (Å²) in [5, 5.41) is 9.66. The summed E-state index contributed by atoms with van der Waals surface area (Å²) in [5.41, 5.74) is 0. The van der Waals surface area contributed by atoms with Crippen molar-refractivity contribution in [1.82, 2.24) is 16.0 Å². The zero-order valence-corrected chi connectivity index (χ0v) is 9.22. The van der Waals surface area contributed by atoms with E-state index in [0.29, 0.717) is 0 Å². The van der Waals surface area contributed by atoms with Crippen molar-refractivity contribution in [2.45, 2.75) is 31.7 Å². The third-order valence-corrected chi connectivity index (χ3v) is 3.40. The maximum atomic E-state index is 11.5. The van der Waals surface area contributed by atoms with Gasteiger partial charge in [0.15, 0.2) is 0 Å². The maximum absolute atomic E-state index is 11.5. The molecule has 0 spiro atoms. The number of hydrogen-bond acceptors (Lipinski definition) is 3. The molecule has 0 aliphatic carbocycles. The minimum Gasteiger partial charge on any atom is -0.355 e. The molecule has 0 aromatic heterocycles. The molecular weight excluding hydrogens is 190 g/mol. The monoisotopic (exact) mass is 211 g/mol. The van der Waals surface area contributed by atoms with Crippen molar-refractivity contribution in [3.8, 4) is 0 Å². The molecule has 4 heteroatoms. The summed E-state index contributed by atoms with van der Waals surface area (Å²) in [6.07, 6.45) is 4.58. The van der Waals surface area contributed by atoms with Crippen molar-refractivity contribution in [2.24, 2.45) is 5.92 Å². The lowest BCUT2D eigenvalue weighted by molar-refractivity contribution is -0.124. The molecule has 0 aromatic rings. The molecule has 86 valence electrons. The van der Waals surface area contributed by atoms with Gasteiger partial charge in [0.1, 0.15) is 0 Å². The highest BCUT2D eigenvalue weighted by molar-refractivity contribution is 5.82. The van der Waals surface area contributed by atoms with Crippen molar-refractivity contribution < 1.29 is 4.79 Å². The number of carbonyl (C=O) groups excluding carboxylic acids is 1. The van der Waals surface area contributed by atoms with E-state index in [4.69, 9.17) is 0 Å². The highest BCUT2D eigenvalue weighted by Crippen LogP contribution is 2.11. The average molecular weight is 211 g/mol. The molecule has 2 saturated heterocycles. The van der Waals surface area contributed by atoms with Crippen molar-refractivity contribution in [1.29, 1.82) is 0 Å². The van der Waals surface area contributed by atoms with Crippen LogP contribution in [0.4, 0.5) is 0 Å². The lowest BCUT2D eigenvalue weighted by atomic mass is 9.97. The van der Waals surface area contributed by atoms with Crippen molar-refractivity contribution in [3.63, 3.8) is 0 Å². The van der Waals surface area contributed by atoms with Gasteiger partial charge in [0, 0.05) is 6.54 Å². The summed E-state index contributed by atoms with van der Waals surface area (Å²) in [4.78, 5) is 11.5. The fourth-order valence-corrected chi connectivity index (χ4v) is 2.36. The van der Waals surface area contributed by atoms with E-state index in [9.17, 15) is 4.79 Å². The van der Waals surface area contributed by atoms with Crippen LogP contribution in [0.5, 0.6) is 0 Å². The van der Waals surface area contributed by atoms with Crippen LogP contribution in [0.1, 0.15) is 25.7 Å². The first-order valence-electron chi connectivity index (χ1n) is 6.08. The van der Waals surface area contributed by atoms with E-state index in [1.807, 2.05) is 0 Å². The van der Waals surface area contributed by atoms with Crippen LogP contribution in [0.25, 0.3) is 0 Å². The molecule has 3 N–H and O–H groups in total. The molecule has 2 fully saturated rings. The summed E-state index contributed by atoms with van der Waals surface area (Å²) < 4.78 is 0. The van der Waals surface area contributed by atoms with Gasteiger partial charge in [-0.3, -0.25) is 4.79 Å². The van der Waals surface area contributed by atoms with Crippen LogP contribution in [0.15, 0.2) is 0 Å². The molecule has 1 amide bonds. The molecule has 0 radical (unpaired) electrons. The topological polar surface area (TPSA) is 53.2 Å². The molecule has 0 saturated carbocycles. The number of amides is 1. The summed E-state index contributed by atoms with van der Waals surface area (Å²) in [6.45, 7) is 4.11. The highest BCUT2D eigenvalue weighted by atomic mass is 16.2. The van der Waals surface area contributed by atoms with Crippen molar-refractivity contribution in [3.05, 3.63) is 0 Å². The van der Waals surface area contributed by atoms with Gasteiger partial charge in [0.2, 0.25) is 5.91 Å². The van der Waals surface area contributed by atoms with Gasteiger partial charge in [0.25, 0.3) is 0 Å². The fourth-order valence-electron chi connectivity index (χ4n) is 2.36. The second-order valence-corrected chi connectivity index (χ2v) is 4.59. The second-order valence-electron chi connectivity index (χ2n) is 4.59. The molecular formula is C11H21N3O. The van der Waals surface area contributed by atoms with Crippen molar-refractivity contribution >= 4 is 5.91 Å². The maximum Gasteiger partial charge on any atom is 0.237 e. The van der Waals surface area contributed by atoms with Crippen LogP contribution in [-0.2, 0) is 4.79 Å². The Morgan fingerprint density at radius 2 is 2.00 bits per heavy atom. The van der Waals surface area contributed by atoms with E-state index >= 15 is 0 Å². The predicted octanol–water partition coefficient (Wildman–Crippen LogP) is -0.146. The largest absolute Gasteiger partial charge is 0.355 e. The number of nitrogens with one attached hydrogen (secondary N) is 3. The zero-order chi connectivity index (χ0) is 10.5. The van der Waals surface area contributed by atoms with Gasteiger partial charge in [-0.2, -0.15) is 0 Å². The summed E-state index contributed by atoms with van der Waals surface area (Å²) in [6, 6.07) is 0.0636. The van der Waals surface area contributed by atoms with E-state index < -0.39 is 0 Å². The number of piperidine rings is 2. The van der Waals surface area contributed by atoms with Gasteiger partial charge in [-0.25, -0.2) is 0 Å². The van der Waals surface area contributed by atoms with Crippen LogP contribution in [-0.4, -0.2) is 38.1 Å². The molecule has 2 aliphatic heterocycles. The molecule has 2 aliphatic rings. The van der Waals surface area contributed by atoms with E-state index in [1.54, 1.807) is 0 Å². The average Bonchev–Trinajstić information content (AvgIpc) is 2.29. The Balaban J connectivity index is 1.69. The third-order valence-electron chi connectivity index (χ3n) is 3.40. The molecule has 0 bridgehead atoms. The molecule has 15 heavy (non-hydrogen) atoms. The van der Waals surface area contributed by atoms with Gasteiger partial charge in [0.05, 0.1) is 6.04 Å². The van der Waals surface area contributed by atoms with Crippen LogP contribution in [0.2, 0.25) is 0 Å². The SMILES string of the molecule is O=C1NCCCC1NCC1CCNCC1. The Morgan fingerprint density at radius 1 is 1.20 bits per heavy atom. The van der Waals surface area contributed by atoms with E-state index in [-0.39, 0.29) is 11.9 Å². The van der Waals surface area contributed by atoms with Crippen LogP contribution < -0.4 is 16.0 Å². The number of rotatable bonds is 3. The minimum atomic E-state index is 0.0636. The summed E-state index contributed by atoms with van der Waals surface area (Å²) >= 11 is 0. The number of carbonyl (C=O) groups is 1. The molecule has 4 nitrogen and oxygen atoms in total. The predicted molar refractivity (Wildman–Crippen MR) is 59.6 cm³/mol. The Hall–Kier alpha value is -0.610. The quantitative estimate of drug-likeness (QED) is 0.609. The first-order chi connectivity index (χ1) is 7.36. The first kappa shape index (κ1) is 10.9. The van der Waals surface area contributed by atoms with Gasteiger partial charge in [-0.15, -0.1) is 0 Å². The number of hydrogen-bond donors (Lipinski definition) is 3. The Morgan fingerprint density at radius 3 is 2.73 bits per heavy atom. The molecule has 2 rings (SSSR count). The zero-order valence-electron chi connectivity index (χ0n) is 9.22. The highest BCUT2D eigenvalue weighted by Gasteiger charge is 2.22. The molecule has 1 atom stereocenters. The summed E-state index contributed by atoms with van der Waals surface area (Å²) in [7, 11) is 0. The van der Waals surface area contributed by atoms with E-state index in [0.717, 1.165) is 44.9 Å².